The third-order valence-corrected chi connectivity index (χ3v) is 6.65. The minimum atomic E-state index is -0.570. The van der Waals surface area contributed by atoms with Crippen LogP contribution >= 0.6 is 0 Å². The maximum absolute atomic E-state index is 13.8. The lowest BCUT2D eigenvalue weighted by Crippen LogP contribution is -2.48. The summed E-state index contributed by atoms with van der Waals surface area (Å²) in [5.74, 6) is 0.0348. The molecular weight excluding hydrogens is 457 g/mol. The van der Waals surface area contributed by atoms with E-state index in [-0.39, 0.29) is 42.7 Å². The van der Waals surface area contributed by atoms with Gasteiger partial charge in [0.05, 0.1) is 38.0 Å². The van der Waals surface area contributed by atoms with Gasteiger partial charge < -0.3 is 34.9 Å². The van der Waals surface area contributed by atoms with Crippen LogP contribution in [0.1, 0.15) is 24.3 Å². The van der Waals surface area contributed by atoms with Gasteiger partial charge >= 0.3 is 6.03 Å². The highest BCUT2D eigenvalue weighted by molar-refractivity contribution is 5.99. The summed E-state index contributed by atoms with van der Waals surface area (Å²) in [5, 5.41) is 15.2. The molecule has 2 aromatic carbocycles. The number of carbonyl (C=O) groups excluding carboxylic acids is 2. The fourth-order valence-electron chi connectivity index (χ4n) is 4.95. The van der Waals surface area contributed by atoms with E-state index >= 15 is 0 Å². The van der Waals surface area contributed by atoms with Gasteiger partial charge in [-0.25, -0.2) is 9.18 Å². The zero-order chi connectivity index (χ0) is 24.4. The number of aliphatic hydroxyl groups is 1. The number of urea groups is 1. The van der Waals surface area contributed by atoms with Crippen LogP contribution in [0.2, 0.25) is 0 Å². The number of nitrogens with one attached hydrogen (secondary N) is 2. The Hall–Kier alpha value is -3.21. The molecule has 3 N–H and O–H groups in total. The van der Waals surface area contributed by atoms with Crippen LogP contribution in [0, 0.1) is 5.82 Å². The Bertz CT molecular complexity index is 1090. The second kappa shape index (κ2) is 10.2. The van der Waals surface area contributed by atoms with Crippen molar-refractivity contribution in [2.24, 2.45) is 0 Å². The molecule has 5 rings (SSSR count). The van der Waals surface area contributed by atoms with Crippen LogP contribution in [0.5, 0.6) is 5.75 Å². The molecule has 0 aromatic heterocycles. The van der Waals surface area contributed by atoms with Gasteiger partial charge in [0.15, 0.2) is 0 Å². The second-order valence-corrected chi connectivity index (χ2v) is 8.91. The number of anilines is 2. The summed E-state index contributed by atoms with van der Waals surface area (Å²) in [6, 6.07) is 10.6. The standard InChI is InChI=1S/C25H28FN3O6/c26-19-3-1-2-4-20(19)28-25(32)27-15-5-6-21-17(11-15)18-12-16(34-22(14-30)24(18)35-21)13-23(31)29-7-9-33-10-8-29/h1-6,11,16,18,22,24,30H,7-10,12-14H2,(H2,27,28,32)/t16-,18-,22+,24+/m1/s1. The highest BCUT2D eigenvalue weighted by atomic mass is 19.1. The Labute approximate surface area is 202 Å². The first-order chi connectivity index (χ1) is 17.0. The third kappa shape index (κ3) is 5.09. The van der Waals surface area contributed by atoms with Gasteiger partial charge in [-0.3, -0.25) is 4.79 Å². The Kier molecular flexibility index (Phi) is 6.85. The Morgan fingerprint density at radius 1 is 1.11 bits per heavy atom. The van der Waals surface area contributed by atoms with Gasteiger partial charge in [0.25, 0.3) is 0 Å². The molecule has 0 unspecified atom stereocenters. The van der Waals surface area contributed by atoms with Crippen molar-refractivity contribution in [1.82, 2.24) is 4.90 Å². The van der Waals surface area contributed by atoms with Crippen molar-refractivity contribution < 1.29 is 33.3 Å². The van der Waals surface area contributed by atoms with Crippen LogP contribution in [0.4, 0.5) is 20.6 Å². The molecule has 2 saturated heterocycles. The van der Waals surface area contributed by atoms with E-state index in [1.165, 1.54) is 12.1 Å². The fourth-order valence-corrected chi connectivity index (χ4v) is 4.95. The van der Waals surface area contributed by atoms with Gasteiger partial charge in [-0.2, -0.15) is 0 Å². The number of rotatable bonds is 5. The van der Waals surface area contributed by atoms with Crippen molar-refractivity contribution in [3.05, 3.63) is 53.8 Å². The maximum Gasteiger partial charge on any atom is 0.323 e. The van der Waals surface area contributed by atoms with Crippen LogP contribution in [-0.4, -0.2) is 73.2 Å². The van der Waals surface area contributed by atoms with Crippen molar-refractivity contribution in [2.75, 3.05) is 43.5 Å². The van der Waals surface area contributed by atoms with Crippen LogP contribution in [0.3, 0.4) is 0 Å². The highest BCUT2D eigenvalue weighted by Crippen LogP contribution is 2.47. The molecule has 3 aliphatic heterocycles. The van der Waals surface area contributed by atoms with E-state index in [0.29, 0.717) is 44.2 Å². The van der Waals surface area contributed by atoms with Crippen molar-refractivity contribution in [3.8, 4) is 5.75 Å². The first-order valence-corrected chi connectivity index (χ1v) is 11.8. The fraction of sp³-hybridized carbons (Fsp3) is 0.440. The van der Waals surface area contributed by atoms with Crippen molar-refractivity contribution in [1.29, 1.82) is 0 Å². The molecule has 0 spiro atoms. The van der Waals surface area contributed by atoms with Gasteiger partial charge in [0, 0.05) is 30.3 Å². The second-order valence-electron chi connectivity index (χ2n) is 8.91. The van der Waals surface area contributed by atoms with Crippen LogP contribution in [0.25, 0.3) is 0 Å². The smallest absolute Gasteiger partial charge is 0.323 e. The molecule has 0 aliphatic carbocycles. The molecule has 3 amide bonds. The Morgan fingerprint density at radius 2 is 1.91 bits per heavy atom. The Morgan fingerprint density at radius 3 is 2.69 bits per heavy atom. The summed E-state index contributed by atoms with van der Waals surface area (Å²) >= 11 is 0. The first kappa shape index (κ1) is 23.5. The predicted octanol–water partition coefficient (Wildman–Crippen LogP) is 2.71. The van der Waals surface area contributed by atoms with E-state index < -0.39 is 18.0 Å². The minimum absolute atomic E-state index is 0.00723. The summed E-state index contributed by atoms with van der Waals surface area (Å²) in [5.41, 5.74) is 1.48. The number of amides is 3. The molecule has 186 valence electrons. The molecule has 9 nitrogen and oxygen atoms in total. The number of hydrogen-bond acceptors (Lipinski definition) is 6. The number of aliphatic hydroxyl groups excluding tert-OH is 1. The normalized spacial score (nSPS) is 25.3. The molecule has 0 radical (unpaired) electrons. The summed E-state index contributed by atoms with van der Waals surface area (Å²) < 4.78 is 31.3. The average molecular weight is 486 g/mol. The van der Waals surface area contributed by atoms with Crippen molar-refractivity contribution in [2.45, 2.75) is 37.1 Å². The van der Waals surface area contributed by atoms with Crippen molar-refractivity contribution in [3.63, 3.8) is 0 Å². The van der Waals surface area contributed by atoms with Gasteiger partial charge in [-0.1, -0.05) is 12.1 Å². The lowest BCUT2D eigenvalue weighted by atomic mass is 9.84. The van der Waals surface area contributed by atoms with Crippen LogP contribution < -0.4 is 15.4 Å². The number of fused-ring (bicyclic) bond motifs is 3. The Balaban J connectivity index is 1.28. The lowest BCUT2D eigenvalue weighted by Gasteiger charge is -2.38. The number of para-hydroxylation sites is 1. The van der Waals surface area contributed by atoms with E-state index in [1.54, 1.807) is 29.2 Å². The van der Waals surface area contributed by atoms with Gasteiger partial charge in [0.2, 0.25) is 5.91 Å². The zero-order valence-corrected chi connectivity index (χ0v) is 19.1. The number of halogens is 1. The average Bonchev–Trinajstić information content (AvgIpc) is 3.23. The molecule has 0 bridgehead atoms. The topological polar surface area (TPSA) is 109 Å². The number of benzene rings is 2. The summed E-state index contributed by atoms with van der Waals surface area (Å²) in [7, 11) is 0. The number of morpholine rings is 1. The molecular formula is C25H28FN3O6. The molecule has 4 atom stereocenters. The van der Waals surface area contributed by atoms with Gasteiger partial charge in [-0.15, -0.1) is 0 Å². The summed E-state index contributed by atoms with van der Waals surface area (Å²) in [4.78, 5) is 27.0. The van der Waals surface area contributed by atoms with E-state index in [0.717, 1.165) is 5.56 Å². The largest absolute Gasteiger partial charge is 0.487 e. The quantitative estimate of drug-likeness (QED) is 0.601. The van der Waals surface area contributed by atoms with Crippen molar-refractivity contribution >= 4 is 23.3 Å². The monoisotopic (exact) mass is 485 g/mol. The third-order valence-electron chi connectivity index (χ3n) is 6.65. The number of carbonyl (C=O) groups is 2. The molecule has 2 fully saturated rings. The molecule has 10 heteroatoms. The summed E-state index contributed by atoms with van der Waals surface area (Å²) in [6.45, 7) is 1.97. The SMILES string of the molecule is O=C(Nc1ccc2c(c1)[C@H]1C[C@H](CC(=O)N3CCOCC3)O[C@@H](CO)[C@H]1O2)Nc1ccccc1F. The predicted molar refractivity (Wildman–Crippen MR) is 125 cm³/mol. The van der Waals surface area contributed by atoms with E-state index in [4.69, 9.17) is 14.2 Å². The van der Waals surface area contributed by atoms with Crippen LogP contribution in [0.15, 0.2) is 42.5 Å². The maximum atomic E-state index is 13.8. The minimum Gasteiger partial charge on any atom is -0.487 e. The summed E-state index contributed by atoms with van der Waals surface area (Å²) in [6.07, 6.45) is -0.538. The number of nitrogens with zero attached hydrogens (tertiary/aromatic N) is 1. The highest BCUT2D eigenvalue weighted by Gasteiger charge is 2.46. The first-order valence-electron chi connectivity index (χ1n) is 11.8. The van der Waals surface area contributed by atoms with Crippen LogP contribution in [-0.2, 0) is 14.3 Å². The van der Waals surface area contributed by atoms with E-state index in [1.807, 2.05) is 6.07 Å². The molecule has 3 aliphatic rings. The molecule has 2 aromatic rings. The molecule has 0 saturated carbocycles. The lowest BCUT2D eigenvalue weighted by molar-refractivity contribution is -0.151. The van der Waals surface area contributed by atoms with E-state index in [9.17, 15) is 19.1 Å². The number of ether oxygens (including phenoxy) is 3. The van der Waals surface area contributed by atoms with Gasteiger partial charge in [0.1, 0.15) is 23.8 Å². The van der Waals surface area contributed by atoms with E-state index in [2.05, 4.69) is 10.6 Å². The molecule has 3 heterocycles. The molecule has 35 heavy (non-hydrogen) atoms. The van der Waals surface area contributed by atoms with Gasteiger partial charge in [-0.05, 0) is 36.8 Å². The zero-order valence-electron chi connectivity index (χ0n) is 19.1. The number of hydrogen-bond donors (Lipinski definition) is 3.